The molecule has 0 spiro atoms. The van der Waals surface area contributed by atoms with Crippen molar-refractivity contribution in [1.29, 1.82) is 0 Å². The molecule has 0 bridgehead atoms. The van der Waals surface area contributed by atoms with Gasteiger partial charge in [-0.25, -0.2) is 0 Å². The molecule has 0 amide bonds. The topological polar surface area (TPSA) is 26.3 Å². The zero-order valence-electron chi connectivity index (χ0n) is 9.71. The Morgan fingerprint density at radius 2 is 2.27 bits per heavy atom. The second kappa shape index (κ2) is 3.99. The molecule has 2 aliphatic carbocycles. The van der Waals surface area contributed by atoms with E-state index < -0.39 is 0 Å². The quantitative estimate of drug-likeness (QED) is 0.617. The molecule has 1 saturated carbocycles. The fraction of sp³-hybridized carbons (Fsp3) is 0.769. The number of rotatable bonds is 1. The summed E-state index contributed by atoms with van der Waals surface area (Å²) in [5.41, 5.74) is 0.474. The first kappa shape index (κ1) is 10.7. The zero-order chi connectivity index (χ0) is 10.9. The molecule has 1 fully saturated rings. The summed E-state index contributed by atoms with van der Waals surface area (Å²) >= 11 is 0. The lowest BCUT2D eigenvalue weighted by molar-refractivity contribution is -0.137. The predicted octanol–water partition coefficient (Wildman–Crippen LogP) is 3.42. The van der Waals surface area contributed by atoms with E-state index in [9.17, 15) is 4.79 Å². The van der Waals surface area contributed by atoms with Crippen molar-refractivity contribution in [2.24, 2.45) is 11.3 Å². The van der Waals surface area contributed by atoms with Crippen LogP contribution < -0.4 is 0 Å². The van der Waals surface area contributed by atoms with Crippen LogP contribution in [0.5, 0.6) is 0 Å². The smallest absolute Gasteiger partial charge is 0.307 e. The minimum absolute atomic E-state index is 0.180. The lowest BCUT2D eigenvalue weighted by Gasteiger charge is -2.43. The number of carbonyl (C=O) groups is 1. The van der Waals surface area contributed by atoms with Crippen LogP contribution in [0.4, 0.5) is 0 Å². The molecule has 15 heavy (non-hydrogen) atoms. The molecule has 0 aromatic heterocycles. The monoisotopic (exact) mass is 208 g/mol. The van der Waals surface area contributed by atoms with Gasteiger partial charge in [0, 0.05) is 13.3 Å². The number of hydrogen-bond donors (Lipinski definition) is 0. The molecule has 2 heteroatoms. The van der Waals surface area contributed by atoms with Crippen LogP contribution in [0.2, 0.25) is 0 Å². The van der Waals surface area contributed by atoms with E-state index in [1.807, 2.05) is 0 Å². The van der Waals surface area contributed by atoms with Gasteiger partial charge in [0.15, 0.2) is 0 Å². The van der Waals surface area contributed by atoms with Crippen LogP contribution in [0.15, 0.2) is 11.8 Å². The third-order valence-electron chi connectivity index (χ3n) is 4.01. The molecule has 0 N–H and O–H groups in total. The molecule has 0 saturated heterocycles. The van der Waals surface area contributed by atoms with Gasteiger partial charge in [-0.2, -0.15) is 0 Å². The molecular weight excluding hydrogens is 188 g/mol. The van der Waals surface area contributed by atoms with Crippen LogP contribution in [-0.2, 0) is 9.53 Å². The fourth-order valence-electron chi connectivity index (χ4n) is 3.01. The number of carbonyl (C=O) groups excluding carboxylic acids is 1. The highest BCUT2D eigenvalue weighted by Crippen LogP contribution is 2.48. The summed E-state index contributed by atoms with van der Waals surface area (Å²) in [5.74, 6) is 1.36. The number of hydrogen-bond acceptors (Lipinski definition) is 2. The third-order valence-corrected chi connectivity index (χ3v) is 4.01. The lowest BCUT2D eigenvalue weighted by atomic mass is 9.63. The molecule has 2 atom stereocenters. The van der Waals surface area contributed by atoms with Gasteiger partial charge in [0.2, 0.25) is 0 Å². The van der Waals surface area contributed by atoms with Gasteiger partial charge < -0.3 is 4.74 Å². The van der Waals surface area contributed by atoms with Crippen LogP contribution in [0.3, 0.4) is 0 Å². The molecule has 0 aromatic rings. The third kappa shape index (κ3) is 2.24. The molecular formula is C13H20O2. The molecule has 2 nitrogen and oxygen atoms in total. The molecule has 0 aromatic carbocycles. The van der Waals surface area contributed by atoms with Crippen molar-refractivity contribution in [3.05, 3.63) is 11.8 Å². The van der Waals surface area contributed by atoms with Crippen molar-refractivity contribution in [2.75, 3.05) is 0 Å². The second-order valence-electron chi connectivity index (χ2n) is 5.23. The molecule has 84 valence electrons. The van der Waals surface area contributed by atoms with Gasteiger partial charge in [-0.15, -0.1) is 0 Å². The van der Waals surface area contributed by atoms with Crippen LogP contribution in [-0.4, -0.2) is 5.97 Å². The van der Waals surface area contributed by atoms with E-state index in [0.29, 0.717) is 11.3 Å². The van der Waals surface area contributed by atoms with E-state index in [1.165, 1.54) is 39.0 Å². The van der Waals surface area contributed by atoms with E-state index in [2.05, 4.69) is 13.0 Å². The number of esters is 1. The molecule has 0 unspecified atom stereocenters. The maximum atomic E-state index is 10.9. The van der Waals surface area contributed by atoms with Gasteiger partial charge in [-0.05, 0) is 36.7 Å². The van der Waals surface area contributed by atoms with Gasteiger partial charge in [0.05, 0.1) is 0 Å². The van der Waals surface area contributed by atoms with Crippen molar-refractivity contribution in [3.63, 3.8) is 0 Å². The van der Waals surface area contributed by atoms with Crippen molar-refractivity contribution in [1.82, 2.24) is 0 Å². The zero-order valence-corrected chi connectivity index (χ0v) is 9.71. The number of allylic oxidation sites excluding steroid dienone is 2. The SMILES string of the molecule is CC(=O)OC1=C[C@H]2CCCC[C@]2(C)CC1. The van der Waals surface area contributed by atoms with Gasteiger partial charge >= 0.3 is 5.97 Å². The van der Waals surface area contributed by atoms with E-state index in [4.69, 9.17) is 4.74 Å². The molecule has 2 rings (SSSR count). The van der Waals surface area contributed by atoms with E-state index in [-0.39, 0.29) is 5.97 Å². The minimum atomic E-state index is -0.180. The van der Waals surface area contributed by atoms with Gasteiger partial charge in [0.25, 0.3) is 0 Å². The van der Waals surface area contributed by atoms with Gasteiger partial charge in [0.1, 0.15) is 5.76 Å². The molecule has 2 aliphatic rings. The maximum Gasteiger partial charge on any atom is 0.307 e. The van der Waals surface area contributed by atoms with Crippen LogP contribution in [0.25, 0.3) is 0 Å². The van der Waals surface area contributed by atoms with Crippen molar-refractivity contribution >= 4 is 5.97 Å². The summed E-state index contributed by atoms with van der Waals surface area (Å²) in [5, 5.41) is 0. The lowest BCUT2D eigenvalue weighted by Crippen LogP contribution is -2.33. The summed E-state index contributed by atoms with van der Waals surface area (Å²) in [6, 6.07) is 0. The van der Waals surface area contributed by atoms with E-state index in [1.54, 1.807) is 0 Å². The van der Waals surface area contributed by atoms with Gasteiger partial charge in [-0.1, -0.05) is 19.8 Å². The Morgan fingerprint density at radius 1 is 1.47 bits per heavy atom. The van der Waals surface area contributed by atoms with Crippen molar-refractivity contribution in [2.45, 2.75) is 52.4 Å². The molecule has 0 radical (unpaired) electrons. The van der Waals surface area contributed by atoms with Crippen LogP contribution in [0, 0.1) is 11.3 Å². The van der Waals surface area contributed by atoms with Crippen LogP contribution in [0.1, 0.15) is 52.4 Å². The standard InChI is InChI=1S/C13H20O2/c1-10(14)15-12-6-8-13(2)7-4-3-5-11(13)9-12/h9,11H,3-8H2,1-2H3/t11-,13-/m1/s1. The largest absolute Gasteiger partial charge is 0.432 e. The summed E-state index contributed by atoms with van der Waals surface area (Å²) in [6.07, 6.45) is 9.62. The Bertz CT molecular complexity index is 293. The van der Waals surface area contributed by atoms with Crippen molar-refractivity contribution < 1.29 is 9.53 Å². The van der Waals surface area contributed by atoms with E-state index in [0.717, 1.165) is 12.2 Å². The highest BCUT2D eigenvalue weighted by Gasteiger charge is 2.38. The second-order valence-corrected chi connectivity index (χ2v) is 5.23. The van der Waals surface area contributed by atoms with Crippen LogP contribution >= 0.6 is 0 Å². The average Bonchev–Trinajstić information content (AvgIpc) is 2.17. The number of ether oxygens (including phenoxy) is 1. The normalized spacial score (nSPS) is 35.3. The predicted molar refractivity (Wildman–Crippen MR) is 59.1 cm³/mol. The summed E-state index contributed by atoms with van der Waals surface area (Å²) < 4.78 is 5.21. The maximum absolute atomic E-state index is 10.9. The Balaban J connectivity index is 2.10. The first-order chi connectivity index (χ1) is 7.10. The van der Waals surface area contributed by atoms with Gasteiger partial charge in [-0.3, -0.25) is 4.79 Å². The Morgan fingerprint density at radius 3 is 3.00 bits per heavy atom. The van der Waals surface area contributed by atoms with E-state index >= 15 is 0 Å². The molecule has 0 heterocycles. The highest BCUT2D eigenvalue weighted by atomic mass is 16.5. The average molecular weight is 208 g/mol. The first-order valence-corrected chi connectivity index (χ1v) is 5.99. The fourth-order valence-corrected chi connectivity index (χ4v) is 3.01. The summed E-state index contributed by atoms with van der Waals surface area (Å²) in [4.78, 5) is 10.9. The Labute approximate surface area is 91.7 Å². The minimum Gasteiger partial charge on any atom is -0.432 e. The Kier molecular flexibility index (Phi) is 2.85. The Hall–Kier alpha value is -0.790. The molecule has 0 aliphatic heterocycles. The number of fused-ring (bicyclic) bond motifs is 1. The summed E-state index contributed by atoms with van der Waals surface area (Å²) in [7, 11) is 0. The highest BCUT2D eigenvalue weighted by molar-refractivity contribution is 5.67. The first-order valence-electron chi connectivity index (χ1n) is 5.99. The van der Waals surface area contributed by atoms with Crippen molar-refractivity contribution in [3.8, 4) is 0 Å². The summed E-state index contributed by atoms with van der Waals surface area (Å²) in [6.45, 7) is 3.87.